The summed E-state index contributed by atoms with van der Waals surface area (Å²) in [5.74, 6) is -0.0559. The van der Waals surface area contributed by atoms with Crippen molar-refractivity contribution in [3.8, 4) is 0 Å². The summed E-state index contributed by atoms with van der Waals surface area (Å²) < 4.78 is 4.81. The van der Waals surface area contributed by atoms with Gasteiger partial charge in [0.15, 0.2) is 0 Å². The van der Waals surface area contributed by atoms with Crippen LogP contribution in [0, 0.1) is 5.92 Å². The second kappa shape index (κ2) is 5.01. The predicted molar refractivity (Wildman–Crippen MR) is 63.4 cm³/mol. The van der Waals surface area contributed by atoms with Crippen molar-refractivity contribution >= 4 is 11.7 Å². The fourth-order valence-electron chi connectivity index (χ4n) is 2.21. The van der Waals surface area contributed by atoms with Crippen molar-refractivity contribution in [1.82, 2.24) is 0 Å². The van der Waals surface area contributed by atoms with Gasteiger partial charge in [-0.1, -0.05) is 18.2 Å². The normalized spacial score (nSPS) is 20.6. The van der Waals surface area contributed by atoms with E-state index in [1.54, 1.807) is 0 Å². The van der Waals surface area contributed by atoms with Crippen LogP contribution in [0.4, 0.5) is 5.69 Å². The Morgan fingerprint density at radius 3 is 2.81 bits per heavy atom. The van der Waals surface area contributed by atoms with Crippen LogP contribution in [0.5, 0.6) is 0 Å². The number of nitrogens with zero attached hydrogens (tertiary/aromatic N) is 1. The molecule has 1 fully saturated rings. The average molecular weight is 219 g/mol. The molecule has 1 aromatic rings. The third kappa shape index (κ3) is 2.35. The van der Waals surface area contributed by atoms with E-state index in [1.807, 2.05) is 18.2 Å². The summed E-state index contributed by atoms with van der Waals surface area (Å²) in [7, 11) is 1.46. The number of para-hydroxylation sites is 1. The zero-order valence-electron chi connectivity index (χ0n) is 9.56. The Kier molecular flexibility index (Phi) is 3.44. The molecule has 0 aliphatic carbocycles. The first-order valence-electron chi connectivity index (χ1n) is 5.69. The highest BCUT2D eigenvalue weighted by atomic mass is 16.5. The highest BCUT2D eigenvalue weighted by Crippen LogP contribution is 2.23. The fraction of sp³-hybridized carbons (Fsp3) is 0.462. The van der Waals surface area contributed by atoms with Gasteiger partial charge in [0.05, 0.1) is 13.0 Å². The van der Waals surface area contributed by atoms with Gasteiger partial charge in [-0.2, -0.15) is 0 Å². The number of ether oxygens (including phenoxy) is 1. The molecule has 86 valence electrons. The molecule has 1 aromatic carbocycles. The first-order valence-corrected chi connectivity index (χ1v) is 5.69. The third-order valence-electron chi connectivity index (χ3n) is 3.08. The maximum Gasteiger partial charge on any atom is 0.310 e. The summed E-state index contributed by atoms with van der Waals surface area (Å²) >= 11 is 0. The number of anilines is 1. The molecule has 0 spiro atoms. The second-order valence-corrected chi connectivity index (χ2v) is 4.14. The van der Waals surface area contributed by atoms with Crippen LogP contribution < -0.4 is 4.90 Å². The van der Waals surface area contributed by atoms with E-state index in [-0.39, 0.29) is 11.9 Å². The van der Waals surface area contributed by atoms with Crippen LogP contribution in [-0.2, 0) is 9.53 Å². The molecule has 1 saturated heterocycles. The highest BCUT2D eigenvalue weighted by molar-refractivity contribution is 5.73. The van der Waals surface area contributed by atoms with E-state index < -0.39 is 0 Å². The number of methoxy groups -OCH3 is 1. The molecule has 1 atom stereocenters. The first-order chi connectivity index (χ1) is 7.81. The van der Waals surface area contributed by atoms with Gasteiger partial charge < -0.3 is 9.64 Å². The summed E-state index contributed by atoms with van der Waals surface area (Å²) in [6, 6.07) is 10.2. The largest absolute Gasteiger partial charge is 0.469 e. The van der Waals surface area contributed by atoms with Crippen LogP contribution in [0.3, 0.4) is 0 Å². The highest BCUT2D eigenvalue weighted by Gasteiger charge is 2.26. The van der Waals surface area contributed by atoms with Crippen LogP contribution in [0.15, 0.2) is 30.3 Å². The molecule has 16 heavy (non-hydrogen) atoms. The van der Waals surface area contributed by atoms with E-state index in [4.69, 9.17) is 4.74 Å². The molecular weight excluding hydrogens is 202 g/mol. The molecular formula is C13H17NO2. The van der Waals surface area contributed by atoms with Gasteiger partial charge in [0, 0.05) is 18.8 Å². The molecule has 1 aliphatic heterocycles. The number of piperidine rings is 1. The van der Waals surface area contributed by atoms with E-state index in [2.05, 4.69) is 17.0 Å². The fourth-order valence-corrected chi connectivity index (χ4v) is 2.21. The number of carbonyl (C=O) groups is 1. The smallest absolute Gasteiger partial charge is 0.310 e. The standard InChI is InChI=1S/C13H17NO2/c1-16-13(15)11-6-5-9-14(10-11)12-7-3-2-4-8-12/h2-4,7-8,11H,5-6,9-10H2,1H3. The molecule has 3 nitrogen and oxygen atoms in total. The Morgan fingerprint density at radius 2 is 2.12 bits per heavy atom. The first kappa shape index (κ1) is 11.0. The van der Waals surface area contributed by atoms with E-state index in [0.29, 0.717) is 0 Å². The number of hydrogen-bond acceptors (Lipinski definition) is 3. The molecule has 0 radical (unpaired) electrons. The topological polar surface area (TPSA) is 29.5 Å². The van der Waals surface area contributed by atoms with Gasteiger partial charge in [0.2, 0.25) is 0 Å². The Bertz CT molecular complexity index is 350. The molecule has 2 rings (SSSR count). The molecule has 0 N–H and O–H groups in total. The molecule has 0 amide bonds. The number of rotatable bonds is 2. The minimum absolute atomic E-state index is 0.0268. The second-order valence-electron chi connectivity index (χ2n) is 4.14. The minimum atomic E-state index is -0.0827. The van der Waals surface area contributed by atoms with Gasteiger partial charge in [0.25, 0.3) is 0 Å². The summed E-state index contributed by atoms with van der Waals surface area (Å²) in [4.78, 5) is 13.7. The number of esters is 1. The lowest BCUT2D eigenvalue weighted by molar-refractivity contribution is -0.145. The monoisotopic (exact) mass is 219 g/mol. The Morgan fingerprint density at radius 1 is 1.38 bits per heavy atom. The molecule has 0 bridgehead atoms. The van der Waals surface area contributed by atoms with E-state index in [1.165, 1.54) is 12.8 Å². The zero-order valence-corrected chi connectivity index (χ0v) is 9.56. The SMILES string of the molecule is COC(=O)C1CCCN(c2ccccc2)C1. The minimum Gasteiger partial charge on any atom is -0.469 e. The van der Waals surface area contributed by atoms with Crippen LogP contribution in [0.2, 0.25) is 0 Å². The molecule has 0 saturated carbocycles. The van der Waals surface area contributed by atoms with Gasteiger partial charge in [-0.25, -0.2) is 0 Å². The average Bonchev–Trinajstić information content (AvgIpc) is 2.39. The number of carbonyl (C=O) groups excluding carboxylic acids is 1. The summed E-state index contributed by atoms with van der Waals surface area (Å²) in [5.41, 5.74) is 1.19. The van der Waals surface area contributed by atoms with Gasteiger partial charge in [-0.05, 0) is 25.0 Å². The van der Waals surface area contributed by atoms with Crippen molar-refractivity contribution in [2.75, 3.05) is 25.1 Å². The Balaban J connectivity index is 2.05. The van der Waals surface area contributed by atoms with Crippen LogP contribution in [0.1, 0.15) is 12.8 Å². The van der Waals surface area contributed by atoms with E-state index in [0.717, 1.165) is 25.9 Å². The van der Waals surface area contributed by atoms with Crippen molar-refractivity contribution in [2.45, 2.75) is 12.8 Å². The lowest BCUT2D eigenvalue weighted by atomic mass is 9.98. The van der Waals surface area contributed by atoms with Crippen LogP contribution in [0.25, 0.3) is 0 Å². The predicted octanol–water partition coefficient (Wildman–Crippen LogP) is 2.08. The molecule has 3 heteroatoms. The molecule has 0 aromatic heterocycles. The lowest BCUT2D eigenvalue weighted by Gasteiger charge is -2.33. The van der Waals surface area contributed by atoms with Crippen LogP contribution in [-0.4, -0.2) is 26.2 Å². The van der Waals surface area contributed by atoms with Crippen LogP contribution >= 0.6 is 0 Å². The Hall–Kier alpha value is -1.51. The maximum absolute atomic E-state index is 11.5. The quantitative estimate of drug-likeness (QED) is 0.713. The maximum atomic E-state index is 11.5. The van der Waals surface area contributed by atoms with Gasteiger partial charge in [0.1, 0.15) is 0 Å². The molecule has 1 aliphatic rings. The lowest BCUT2D eigenvalue weighted by Crippen LogP contribution is -2.39. The molecule has 1 unspecified atom stereocenters. The number of benzene rings is 1. The van der Waals surface area contributed by atoms with E-state index >= 15 is 0 Å². The summed E-state index contributed by atoms with van der Waals surface area (Å²) in [6.45, 7) is 1.80. The Labute approximate surface area is 96.0 Å². The van der Waals surface area contributed by atoms with E-state index in [9.17, 15) is 4.79 Å². The van der Waals surface area contributed by atoms with Crippen molar-refractivity contribution in [2.24, 2.45) is 5.92 Å². The zero-order chi connectivity index (χ0) is 11.4. The molecule has 1 heterocycles. The van der Waals surface area contributed by atoms with Crippen molar-refractivity contribution in [1.29, 1.82) is 0 Å². The van der Waals surface area contributed by atoms with Gasteiger partial charge in [-0.3, -0.25) is 4.79 Å². The van der Waals surface area contributed by atoms with Gasteiger partial charge in [-0.15, -0.1) is 0 Å². The summed E-state index contributed by atoms with van der Waals surface area (Å²) in [6.07, 6.45) is 1.99. The van der Waals surface area contributed by atoms with Crippen molar-refractivity contribution in [3.05, 3.63) is 30.3 Å². The van der Waals surface area contributed by atoms with Gasteiger partial charge >= 0.3 is 5.97 Å². The van der Waals surface area contributed by atoms with Crippen molar-refractivity contribution < 1.29 is 9.53 Å². The third-order valence-corrected chi connectivity index (χ3v) is 3.08. The van der Waals surface area contributed by atoms with Crippen molar-refractivity contribution in [3.63, 3.8) is 0 Å². The summed E-state index contributed by atoms with van der Waals surface area (Å²) in [5, 5.41) is 0. The number of hydrogen-bond donors (Lipinski definition) is 0.